The van der Waals surface area contributed by atoms with Gasteiger partial charge in [0.1, 0.15) is 6.04 Å². The van der Waals surface area contributed by atoms with Gasteiger partial charge in [0.15, 0.2) is 0 Å². The van der Waals surface area contributed by atoms with Crippen LogP contribution in [-0.4, -0.2) is 61.0 Å². The predicted molar refractivity (Wildman–Crippen MR) is 80.9 cm³/mol. The van der Waals surface area contributed by atoms with E-state index in [1.165, 1.54) is 26.4 Å². The van der Waals surface area contributed by atoms with E-state index in [0.29, 0.717) is 6.54 Å². The van der Waals surface area contributed by atoms with E-state index in [2.05, 4.69) is 0 Å². The third-order valence-corrected chi connectivity index (χ3v) is 4.63. The SMILES string of the molecule is COC(=O)C1CCCCN1CC(=O)N1CCCCCCC1. The van der Waals surface area contributed by atoms with Crippen molar-refractivity contribution in [3.63, 3.8) is 0 Å². The lowest BCUT2D eigenvalue weighted by atomic mass is 10.0. The number of methoxy groups -OCH3 is 1. The van der Waals surface area contributed by atoms with Crippen molar-refractivity contribution in [3.8, 4) is 0 Å². The summed E-state index contributed by atoms with van der Waals surface area (Å²) >= 11 is 0. The number of carbonyl (C=O) groups excluding carboxylic acids is 2. The Hall–Kier alpha value is -1.10. The zero-order chi connectivity index (χ0) is 15.1. The molecule has 2 aliphatic heterocycles. The lowest BCUT2D eigenvalue weighted by Gasteiger charge is -2.35. The fraction of sp³-hybridized carbons (Fsp3) is 0.875. The molecule has 1 amide bonds. The first kappa shape index (κ1) is 16.3. The molecule has 0 spiro atoms. The van der Waals surface area contributed by atoms with Gasteiger partial charge in [-0.2, -0.15) is 0 Å². The predicted octanol–water partition coefficient (Wildman–Crippen LogP) is 1.81. The van der Waals surface area contributed by atoms with Crippen LogP contribution in [0.1, 0.15) is 51.4 Å². The number of nitrogens with zero attached hydrogens (tertiary/aromatic N) is 2. The van der Waals surface area contributed by atoms with Crippen LogP contribution in [0.2, 0.25) is 0 Å². The quantitative estimate of drug-likeness (QED) is 0.745. The molecule has 2 fully saturated rings. The normalized spacial score (nSPS) is 25.0. The highest BCUT2D eigenvalue weighted by atomic mass is 16.5. The fourth-order valence-corrected chi connectivity index (χ4v) is 3.35. The van der Waals surface area contributed by atoms with E-state index in [1.54, 1.807) is 0 Å². The van der Waals surface area contributed by atoms with E-state index in [4.69, 9.17) is 4.74 Å². The first-order valence-corrected chi connectivity index (χ1v) is 8.32. The summed E-state index contributed by atoms with van der Waals surface area (Å²) in [6, 6.07) is -0.234. The van der Waals surface area contributed by atoms with Crippen molar-refractivity contribution in [3.05, 3.63) is 0 Å². The molecular weight excluding hydrogens is 268 g/mol. The minimum absolute atomic E-state index is 0.174. The van der Waals surface area contributed by atoms with Gasteiger partial charge in [0.2, 0.25) is 5.91 Å². The van der Waals surface area contributed by atoms with Crippen LogP contribution in [0.4, 0.5) is 0 Å². The number of hydrogen-bond acceptors (Lipinski definition) is 4. The molecule has 0 aromatic heterocycles. The summed E-state index contributed by atoms with van der Waals surface area (Å²) in [5, 5.41) is 0. The molecular formula is C16H28N2O3. The van der Waals surface area contributed by atoms with Crippen LogP contribution < -0.4 is 0 Å². The van der Waals surface area contributed by atoms with Gasteiger partial charge in [-0.15, -0.1) is 0 Å². The van der Waals surface area contributed by atoms with E-state index in [-0.39, 0.29) is 17.9 Å². The fourth-order valence-electron chi connectivity index (χ4n) is 3.35. The summed E-state index contributed by atoms with van der Waals surface area (Å²) in [5.41, 5.74) is 0. The van der Waals surface area contributed by atoms with Crippen molar-refractivity contribution in [2.24, 2.45) is 0 Å². The highest BCUT2D eigenvalue weighted by Crippen LogP contribution is 2.19. The Morgan fingerprint density at radius 2 is 1.57 bits per heavy atom. The molecule has 0 N–H and O–H groups in total. The third-order valence-electron chi connectivity index (χ3n) is 4.63. The number of piperidine rings is 1. The first-order chi connectivity index (χ1) is 10.2. The van der Waals surface area contributed by atoms with Crippen LogP contribution in [0.5, 0.6) is 0 Å². The summed E-state index contributed by atoms with van der Waals surface area (Å²) in [6.07, 6.45) is 8.84. The van der Waals surface area contributed by atoms with Gasteiger partial charge in [-0.25, -0.2) is 0 Å². The second kappa shape index (κ2) is 8.37. The minimum Gasteiger partial charge on any atom is -0.468 e. The molecule has 2 saturated heterocycles. The van der Waals surface area contributed by atoms with Crippen molar-refractivity contribution in [1.82, 2.24) is 9.80 Å². The van der Waals surface area contributed by atoms with Crippen molar-refractivity contribution < 1.29 is 14.3 Å². The number of amides is 1. The Balaban J connectivity index is 1.90. The highest BCUT2D eigenvalue weighted by molar-refractivity contribution is 5.80. The van der Waals surface area contributed by atoms with Gasteiger partial charge in [0.25, 0.3) is 0 Å². The number of rotatable bonds is 3. The topological polar surface area (TPSA) is 49.9 Å². The molecule has 2 rings (SSSR count). The van der Waals surface area contributed by atoms with Gasteiger partial charge in [-0.3, -0.25) is 14.5 Å². The Morgan fingerprint density at radius 3 is 2.24 bits per heavy atom. The van der Waals surface area contributed by atoms with Crippen molar-refractivity contribution in [2.45, 2.75) is 57.4 Å². The summed E-state index contributed by atoms with van der Waals surface area (Å²) in [7, 11) is 1.43. The van der Waals surface area contributed by atoms with Gasteiger partial charge in [-0.1, -0.05) is 25.7 Å². The van der Waals surface area contributed by atoms with Crippen LogP contribution in [0.15, 0.2) is 0 Å². The molecule has 2 heterocycles. The molecule has 0 aromatic rings. The molecule has 5 nitrogen and oxygen atoms in total. The monoisotopic (exact) mass is 296 g/mol. The maximum Gasteiger partial charge on any atom is 0.323 e. The van der Waals surface area contributed by atoms with Crippen LogP contribution in [-0.2, 0) is 14.3 Å². The van der Waals surface area contributed by atoms with Gasteiger partial charge < -0.3 is 9.64 Å². The molecule has 0 saturated carbocycles. The smallest absolute Gasteiger partial charge is 0.323 e. The van der Waals surface area contributed by atoms with Crippen LogP contribution in [0.25, 0.3) is 0 Å². The standard InChI is InChI=1S/C16H28N2O3/c1-21-16(20)14-9-5-8-12-18(14)13-15(19)17-10-6-3-2-4-7-11-17/h14H,2-13H2,1H3. The second-order valence-electron chi connectivity index (χ2n) is 6.15. The first-order valence-electron chi connectivity index (χ1n) is 8.32. The maximum absolute atomic E-state index is 12.5. The molecule has 2 aliphatic rings. The lowest BCUT2D eigenvalue weighted by molar-refractivity contribution is -0.149. The number of carbonyl (C=O) groups is 2. The average Bonchev–Trinajstić information content (AvgIpc) is 2.46. The Bertz CT molecular complexity index is 351. The van der Waals surface area contributed by atoms with Crippen molar-refractivity contribution in [1.29, 1.82) is 0 Å². The summed E-state index contributed by atoms with van der Waals surface area (Å²) in [4.78, 5) is 28.4. The molecule has 0 aliphatic carbocycles. The van der Waals surface area contributed by atoms with Crippen molar-refractivity contribution in [2.75, 3.05) is 33.3 Å². The number of esters is 1. The van der Waals surface area contributed by atoms with Crippen LogP contribution in [0.3, 0.4) is 0 Å². The maximum atomic E-state index is 12.5. The zero-order valence-corrected chi connectivity index (χ0v) is 13.2. The minimum atomic E-state index is -0.234. The van der Waals surface area contributed by atoms with Gasteiger partial charge >= 0.3 is 5.97 Å². The third kappa shape index (κ3) is 4.70. The Kier molecular flexibility index (Phi) is 6.49. The molecule has 1 atom stereocenters. The Labute approximate surface area is 127 Å². The van der Waals surface area contributed by atoms with Gasteiger partial charge in [0, 0.05) is 13.1 Å². The molecule has 120 valence electrons. The Morgan fingerprint density at radius 1 is 0.952 bits per heavy atom. The van der Waals surface area contributed by atoms with Crippen molar-refractivity contribution >= 4 is 11.9 Å². The molecule has 0 radical (unpaired) electrons. The summed E-state index contributed by atoms with van der Waals surface area (Å²) in [5.74, 6) is -0.0251. The summed E-state index contributed by atoms with van der Waals surface area (Å²) in [6.45, 7) is 2.92. The van der Waals surface area contributed by atoms with E-state index in [9.17, 15) is 9.59 Å². The number of ether oxygens (including phenoxy) is 1. The lowest BCUT2D eigenvalue weighted by Crippen LogP contribution is -2.50. The molecule has 5 heteroatoms. The van der Waals surface area contributed by atoms with E-state index < -0.39 is 0 Å². The molecule has 21 heavy (non-hydrogen) atoms. The zero-order valence-electron chi connectivity index (χ0n) is 13.2. The summed E-state index contributed by atoms with van der Waals surface area (Å²) < 4.78 is 4.88. The molecule has 0 bridgehead atoms. The van der Waals surface area contributed by atoms with Gasteiger partial charge in [0.05, 0.1) is 13.7 Å². The van der Waals surface area contributed by atoms with E-state index >= 15 is 0 Å². The number of likely N-dealkylation sites (tertiary alicyclic amines) is 2. The highest BCUT2D eigenvalue weighted by Gasteiger charge is 2.31. The van der Waals surface area contributed by atoms with Gasteiger partial charge in [-0.05, 0) is 32.2 Å². The van der Waals surface area contributed by atoms with Crippen LogP contribution >= 0.6 is 0 Å². The van der Waals surface area contributed by atoms with E-state index in [1.807, 2.05) is 9.80 Å². The largest absolute Gasteiger partial charge is 0.468 e. The second-order valence-corrected chi connectivity index (χ2v) is 6.15. The molecule has 0 aromatic carbocycles. The molecule has 1 unspecified atom stereocenters. The average molecular weight is 296 g/mol. The number of hydrogen-bond donors (Lipinski definition) is 0. The van der Waals surface area contributed by atoms with E-state index in [0.717, 1.165) is 51.7 Å². The van der Waals surface area contributed by atoms with Crippen LogP contribution in [0, 0.1) is 0 Å².